The van der Waals surface area contributed by atoms with Crippen LogP contribution in [0.5, 0.6) is 0 Å². The molecule has 0 amide bonds. The van der Waals surface area contributed by atoms with Crippen molar-refractivity contribution in [3.63, 3.8) is 0 Å². The van der Waals surface area contributed by atoms with E-state index in [-0.39, 0.29) is 0 Å². The molecule has 0 atom stereocenters. The van der Waals surface area contributed by atoms with Crippen molar-refractivity contribution in [3.05, 3.63) is 34.9 Å². The van der Waals surface area contributed by atoms with Crippen molar-refractivity contribution in [1.82, 2.24) is 10.1 Å². The maximum absolute atomic E-state index is 5.91. The summed E-state index contributed by atoms with van der Waals surface area (Å²) >= 11 is 7.48. The molecule has 16 heavy (non-hydrogen) atoms. The van der Waals surface area contributed by atoms with Crippen molar-refractivity contribution in [2.45, 2.75) is 17.6 Å². The van der Waals surface area contributed by atoms with Gasteiger partial charge in [0.2, 0.25) is 5.89 Å². The topological polar surface area (TPSA) is 64.9 Å². The highest BCUT2D eigenvalue weighted by Crippen LogP contribution is 2.28. The maximum atomic E-state index is 5.91. The van der Waals surface area contributed by atoms with Crippen LogP contribution in [-0.2, 0) is 5.75 Å². The number of hydrogen-bond acceptors (Lipinski definition) is 5. The molecule has 0 unspecified atom stereocenters. The Kier molecular flexibility index (Phi) is 3.36. The molecule has 0 aliphatic rings. The van der Waals surface area contributed by atoms with Crippen LogP contribution in [0.25, 0.3) is 0 Å². The standard InChI is InChI=1S/C10H10ClN3OS/c1-6-13-10(15-14-6)5-16-7-2-3-9(12)8(11)4-7/h2-4H,5,12H2,1H3. The molecule has 6 heteroatoms. The number of aromatic nitrogens is 2. The highest BCUT2D eigenvalue weighted by molar-refractivity contribution is 7.98. The van der Waals surface area contributed by atoms with Gasteiger partial charge in [-0.2, -0.15) is 4.98 Å². The highest BCUT2D eigenvalue weighted by Gasteiger charge is 2.04. The predicted molar refractivity (Wildman–Crippen MR) is 64.5 cm³/mol. The quantitative estimate of drug-likeness (QED) is 0.675. The molecular formula is C10H10ClN3OS. The molecule has 2 aromatic rings. The van der Waals surface area contributed by atoms with Gasteiger partial charge in [0.1, 0.15) is 0 Å². The molecule has 0 saturated heterocycles. The lowest BCUT2D eigenvalue weighted by Gasteiger charge is -2.01. The van der Waals surface area contributed by atoms with E-state index in [1.807, 2.05) is 12.1 Å². The summed E-state index contributed by atoms with van der Waals surface area (Å²) in [5, 5.41) is 4.28. The Bertz CT molecular complexity index is 501. The van der Waals surface area contributed by atoms with Gasteiger partial charge in [-0.15, -0.1) is 11.8 Å². The zero-order valence-electron chi connectivity index (χ0n) is 8.61. The van der Waals surface area contributed by atoms with Gasteiger partial charge >= 0.3 is 0 Å². The Labute approximate surface area is 102 Å². The first-order chi connectivity index (χ1) is 7.65. The van der Waals surface area contributed by atoms with Crippen LogP contribution in [0.3, 0.4) is 0 Å². The number of nitrogens with zero attached hydrogens (tertiary/aromatic N) is 2. The van der Waals surface area contributed by atoms with E-state index >= 15 is 0 Å². The summed E-state index contributed by atoms with van der Waals surface area (Å²) in [5.41, 5.74) is 6.20. The van der Waals surface area contributed by atoms with Crippen molar-refractivity contribution >= 4 is 29.1 Å². The third kappa shape index (κ3) is 2.68. The second-order valence-corrected chi connectivity index (χ2v) is 4.66. The Morgan fingerprint density at radius 3 is 2.94 bits per heavy atom. The van der Waals surface area contributed by atoms with Crippen molar-refractivity contribution in [3.8, 4) is 0 Å². The summed E-state index contributed by atoms with van der Waals surface area (Å²) in [7, 11) is 0. The van der Waals surface area contributed by atoms with Gasteiger partial charge in [0, 0.05) is 4.90 Å². The zero-order valence-corrected chi connectivity index (χ0v) is 10.2. The van der Waals surface area contributed by atoms with E-state index in [1.54, 1.807) is 24.8 Å². The van der Waals surface area contributed by atoms with Crippen molar-refractivity contribution in [2.75, 3.05) is 5.73 Å². The minimum atomic E-state index is 0.562. The van der Waals surface area contributed by atoms with Crippen LogP contribution in [0.1, 0.15) is 11.7 Å². The molecule has 0 fully saturated rings. The van der Waals surface area contributed by atoms with Crippen LogP contribution < -0.4 is 5.73 Å². The van der Waals surface area contributed by atoms with Crippen LogP contribution >= 0.6 is 23.4 Å². The van der Waals surface area contributed by atoms with E-state index in [1.165, 1.54) is 0 Å². The Morgan fingerprint density at radius 2 is 2.31 bits per heavy atom. The first kappa shape index (κ1) is 11.3. The van der Waals surface area contributed by atoms with E-state index in [0.29, 0.717) is 28.2 Å². The number of benzene rings is 1. The zero-order chi connectivity index (χ0) is 11.5. The molecule has 84 valence electrons. The van der Waals surface area contributed by atoms with Gasteiger partial charge in [-0.3, -0.25) is 0 Å². The molecular weight excluding hydrogens is 246 g/mol. The highest BCUT2D eigenvalue weighted by atomic mass is 35.5. The molecule has 0 saturated carbocycles. The van der Waals surface area contributed by atoms with Crippen LogP contribution in [0, 0.1) is 6.92 Å². The van der Waals surface area contributed by atoms with E-state index in [9.17, 15) is 0 Å². The normalized spacial score (nSPS) is 10.6. The first-order valence-electron chi connectivity index (χ1n) is 4.62. The number of nitrogen functional groups attached to an aromatic ring is 1. The van der Waals surface area contributed by atoms with Crippen molar-refractivity contribution in [1.29, 1.82) is 0 Å². The summed E-state index contributed by atoms with van der Waals surface area (Å²) in [6.45, 7) is 1.79. The molecule has 0 radical (unpaired) electrons. The lowest BCUT2D eigenvalue weighted by molar-refractivity contribution is 0.387. The van der Waals surface area contributed by atoms with Gasteiger partial charge in [-0.1, -0.05) is 16.8 Å². The van der Waals surface area contributed by atoms with Crippen LogP contribution in [-0.4, -0.2) is 10.1 Å². The molecule has 0 bridgehead atoms. The van der Waals surface area contributed by atoms with E-state index in [4.69, 9.17) is 21.9 Å². The third-order valence-corrected chi connectivity index (χ3v) is 3.21. The average Bonchev–Trinajstić information content (AvgIpc) is 2.66. The summed E-state index contributed by atoms with van der Waals surface area (Å²) in [6.07, 6.45) is 0. The van der Waals surface area contributed by atoms with Crippen LogP contribution in [0.2, 0.25) is 5.02 Å². The van der Waals surface area contributed by atoms with Gasteiger partial charge in [-0.05, 0) is 25.1 Å². The SMILES string of the molecule is Cc1noc(CSc2ccc(N)c(Cl)c2)n1. The molecule has 1 aromatic carbocycles. The first-order valence-corrected chi connectivity index (χ1v) is 5.98. The second-order valence-electron chi connectivity index (χ2n) is 3.21. The number of anilines is 1. The number of nitrogens with two attached hydrogens (primary N) is 1. The molecule has 0 aliphatic carbocycles. The van der Waals surface area contributed by atoms with E-state index in [2.05, 4.69) is 10.1 Å². The molecule has 0 spiro atoms. The van der Waals surface area contributed by atoms with Crippen LogP contribution in [0.4, 0.5) is 5.69 Å². The molecule has 4 nitrogen and oxygen atoms in total. The van der Waals surface area contributed by atoms with Gasteiger partial charge in [0.25, 0.3) is 0 Å². The summed E-state index contributed by atoms with van der Waals surface area (Å²) in [6, 6.07) is 5.52. The fraction of sp³-hybridized carbons (Fsp3) is 0.200. The monoisotopic (exact) mass is 255 g/mol. The molecule has 2 N–H and O–H groups in total. The Morgan fingerprint density at radius 1 is 1.50 bits per heavy atom. The van der Waals surface area contributed by atoms with Gasteiger partial charge < -0.3 is 10.3 Å². The van der Waals surface area contributed by atoms with Gasteiger partial charge in [-0.25, -0.2) is 0 Å². The largest absolute Gasteiger partial charge is 0.398 e. The van der Waals surface area contributed by atoms with E-state index in [0.717, 1.165) is 4.90 Å². The van der Waals surface area contributed by atoms with Crippen molar-refractivity contribution in [2.24, 2.45) is 0 Å². The van der Waals surface area contributed by atoms with Gasteiger partial charge in [0.15, 0.2) is 5.82 Å². The maximum Gasteiger partial charge on any atom is 0.236 e. The Hall–Kier alpha value is -1.20. The summed E-state index contributed by atoms with van der Waals surface area (Å²) in [4.78, 5) is 5.13. The smallest absolute Gasteiger partial charge is 0.236 e. The summed E-state index contributed by atoms with van der Waals surface area (Å²) in [5.74, 6) is 1.88. The molecule has 1 aromatic heterocycles. The fourth-order valence-corrected chi connectivity index (χ4v) is 2.16. The van der Waals surface area contributed by atoms with Gasteiger partial charge in [0.05, 0.1) is 16.5 Å². The minimum Gasteiger partial charge on any atom is -0.398 e. The number of hydrogen-bond donors (Lipinski definition) is 1. The number of aryl methyl sites for hydroxylation is 1. The van der Waals surface area contributed by atoms with Crippen LogP contribution in [0.15, 0.2) is 27.6 Å². The van der Waals surface area contributed by atoms with Crippen molar-refractivity contribution < 1.29 is 4.52 Å². The lowest BCUT2D eigenvalue weighted by Crippen LogP contribution is -1.86. The number of halogens is 1. The molecule has 1 heterocycles. The predicted octanol–water partition coefficient (Wildman–Crippen LogP) is 2.91. The third-order valence-electron chi connectivity index (χ3n) is 1.90. The molecule has 0 aliphatic heterocycles. The summed E-state index contributed by atoms with van der Waals surface area (Å²) < 4.78 is 5.00. The Balaban J connectivity index is 2.02. The minimum absolute atomic E-state index is 0.562. The molecule has 2 rings (SSSR count). The fourth-order valence-electron chi connectivity index (χ4n) is 1.14. The second kappa shape index (κ2) is 4.76. The van der Waals surface area contributed by atoms with E-state index < -0.39 is 0 Å². The number of rotatable bonds is 3. The lowest BCUT2D eigenvalue weighted by atomic mass is 10.3. The number of thioether (sulfide) groups is 1. The average molecular weight is 256 g/mol.